The lowest BCUT2D eigenvalue weighted by atomic mass is 9.98. The molecule has 3 aromatic carbocycles. The highest BCUT2D eigenvalue weighted by atomic mass is 35.5. The van der Waals surface area contributed by atoms with E-state index >= 15 is 0 Å². The van der Waals surface area contributed by atoms with Crippen LogP contribution in [0.2, 0.25) is 10.0 Å². The highest BCUT2D eigenvalue weighted by Gasteiger charge is 2.36. The Bertz CT molecular complexity index is 1680. The Hall–Kier alpha value is -3.04. The molecule has 0 spiro atoms. The molecular weight excluding hydrogens is 675 g/mol. The van der Waals surface area contributed by atoms with Crippen molar-refractivity contribution in [3.63, 3.8) is 0 Å². The molecule has 0 aromatic heterocycles. The fourth-order valence-electron chi connectivity index (χ4n) is 5.14. The molecule has 11 nitrogen and oxygen atoms in total. The van der Waals surface area contributed by atoms with Crippen molar-refractivity contribution in [2.75, 3.05) is 32.8 Å². The average molecular weight is 710 g/mol. The molecule has 2 heterocycles. The standard InChI is InChI=1S/C31H34Cl2N4O7S2/c1-2-37-25(15-20-16-26-27(18-28(20)45-37)44-13-12-43-26)30(39)36-24(14-19-6-4-3-5-7-19)29(38)31(40)34-10-11-35-46(41,42)21-8-9-22(32)23(33)17-21/h3-9,16-18,24-25,29,35,38H,2,10-15H2,1H3,(H,34,40)(H,36,39)/t24-,25-,29+/m0/s1. The lowest BCUT2D eigenvalue weighted by Crippen LogP contribution is -2.56. The third kappa shape index (κ3) is 8.26. The summed E-state index contributed by atoms with van der Waals surface area (Å²) in [6.07, 6.45) is -1.03. The fraction of sp³-hybridized carbons (Fsp3) is 0.355. The number of fused-ring (bicyclic) bond motifs is 2. The zero-order chi connectivity index (χ0) is 32.8. The van der Waals surface area contributed by atoms with Crippen LogP contribution < -0.4 is 24.8 Å². The largest absolute Gasteiger partial charge is 0.486 e. The topological polar surface area (TPSA) is 146 Å². The molecule has 0 bridgehead atoms. The normalized spacial score (nSPS) is 17.4. The van der Waals surface area contributed by atoms with Crippen LogP contribution in [0.1, 0.15) is 18.1 Å². The maximum atomic E-state index is 13.8. The van der Waals surface area contributed by atoms with Gasteiger partial charge in [0, 0.05) is 24.5 Å². The number of hydrogen-bond acceptors (Lipinski definition) is 9. The van der Waals surface area contributed by atoms with E-state index in [4.69, 9.17) is 32.7 Å². The van der Waals surface area contributed by atoms with Gasteiger partial charge in [0.25, 0.3) is 5.91 Å². The van der Waals surface area contributed by atoms with Gasteiger partial charge >= 0.3 is 0 Å². The molecule has 3 aromatic rings. The van der Waals surface area contributed by atoms with Gasteiger partial charge in [0.1, 0.15) is 19.3 Å². The van der Waals surface area contributed by atoms with Crippen molar-refractivity contribution in [2.45, 2.75) is 47.7 Å². The van der Waals surface area contributed by atoms with Gasteiger partial charge in [-0.1, -0.05) is 60.5 Å². The molecule has 2 aliphatic rings. The zero-order valence-corrected chi connectivity index (χ0v) is 28.0. The van der Waals surface area contributed by atoms with Gasteiger partial charge in [0.05, 0.1) is 21.0 Å². The summed E-state index contributed by atoms with van der Waals surface area (Å²) < 4.78 is 41.0. The molecule has 0 fully saturated rings. The minimum atomic E-state index is -3.92. The van der Waals surface area contributed by atoms with Gasteiger partial charge in [-0.3, -0.25) is 9.59 Å². The highest BCUT2D eigenvalue weighted by Crippen LogP contribution is 2.42. The smallest absolute Gasteiger partial charge is 0.251 e. The first kappa shape index (κ1) is 34.3. The van der Waals surface area contributed by atoms with E-state index in [1.54, 1.807) is 0 Å². The second-order valence-electron chi connectivity index (χ2n) is 10.7. The Morgan fingerprint density at radius 2 is 1.74 bits per heavy atom. The first-order valence-corrected chi connectivity index (χ1v) is 17.7. The first-order chi connectivity index (χ1) is 22.1. The Morgan fingerprint density at radius 3 is 2.43 bits per heavy atom. The van der Waals surface area contributed by atoms with E-state index < -0.39 is 34.1 Å². The van der Waals surface area contributed by atoms with Crippen LogP contribution in [-0.4, -0.2) is 80.7 Å². The van der Waals surface area contributed by atoms with Crippen molar-refractivity contribution in [1.82, 2.24) is 19.7 Å². The third-order valence-corrected chi connectivity index (χ3v) is 11.0. The molecule has 0 unspecified atom stereocenters. The molecule has 5 rings (SSSR count). The van der Waals surface area contributed by atoms with Gasteiger partial charge in [0.2, 0.25) is 15.9 Å². The maximum absolute atomic E-state index is 13.8. The number of rotatable bonds is 12. The zero-order valence-electron chi connectivity index (χ0n) is 24.9. The van der Waals surface area contributed by atoms with E-state index in [2.05, 4.69) is 15.4 Å². The molecule has 0 saturated heterocycles. The van der Waals surface area contributed by atoms with Crippen molar-refractivity contribution in [2.24, 2.45) is 0 Å². The van der Waals surface area contributed by atoms with Gasteiger partial charge < -0.3 is 25.2 Å². The van der Waals surface area contributed by atoms with Crippen molar-refractivity contribution in [3.8, 4) is 11.5 Å². The minimum Gasteiger partial charge on any atom is -0.486 e. The molecule has 0 radical (unpaired) electrons. The van der Waals surface area contributed by atoms with Crippen LogP contribution in [0.3, 0.4) is 0 Å². The summed E-state index contributed by atoms with van der Waals surface area (Å²) in [5, 5.41) is 16.9. The van der Waals surface area contributed by atoms with Crippen molar-refractivity contribution in [1.29, 1.82) is 0 Å². The summed E-state index contributed by atoms with van der Waals surface area (Å²) in [4.78, 5) is 27.8. The van der Waals surface area contributed by atoms with Gasteiger partial charge in [-0.2, -0.15) is 0 Å². The van der Waals surface area contributed by atoms with Gasteiger partial charge in [-0.25, -0.2) is 17.4 Å². The predicted octanol–water partition coefficient (Wildman–Crippen LogP) is 3.20. The molecule has 3 atom stereocenters. The lowest BCUT2D eigenvalue weighted by Gasteiger charge is -2.36. The SMILES string of the molecule is CCN1Sc2cc3c(cc2C[C@H]1C(=O)N[C@@H](Cc1ccccc1)[C@@H](O)C(=O)NCCNS(=O)(=O)c1ccc(Cl)c(Cl)c1)OCCO3. The Balaban J connectivity index is 1.24. The number of carbonyl (C=O) groups is 2. The summed E-state index contributed by atoms with van der Waals surface area (Å²) in [5.41, 5.74) is 1.76. The van der Waals surface area contributed by atoms with E-state index in [1.165, 1.54) is 30.1 Å². The number of amides is 2. The highest BCUT2D eigenvalue weighted by molar-refractivity contribution is 7.97. The molecule has 0 aliphatic carbocycles. The quantitative estimate of drug-likeness (QED) is 0.165. The third-order valence-electron chi connectivity index (χ3n) is 7.51. The van der Waals surface area contributed by atoms with E-state index in [0.29, 0.717) is 37.7 Å². The molecule has 15 heteroatoms. The number of nitrogens with one attached hydrogen (secondary N) is 3. The second kappa shape index (κ2) is 15.2. The molecule has 2 aliphatic heterocycles. The summed E-state index contributed by atoms with van der Waals surface area (Å²) >= 11 is 13.3. The van der Waals surface area contributed by atoms with Crippen LogP contribution in [0.15, 0.2) is 70.5 Å². The number of ether oxygens (including phenoxy) is 2. The number of carbonyl (C=O) groups excluding carboxylic acids is 2. The van der Waals surface area contributed by atoms with Gasteiger partial charge in [0.15, 0.2) is 17.6 Å². The van der Waals surface area contributed by atoms with Gasteiger partial charge in [-0.05, 0) is 66.2 Å². The summed E-state index contributed by atoms with van der Waals surface area (Å²) in [5.74, 6) is 0.227. The second-order valence-corrected chi connectivity index (χ2v) is 14.3. The van der Waals surface area contributed by atoms with E-state index in [-0.39, 0.29) is 40.4 Å². The molecule has 246 valence electrons. The Kier molecular flexibility index (Phi) is 11.4. The van der Waals surface area contributed by atoms with Gasteiger partial charge in [-0.15, -0.1) is 0 Å². The Labute approximate surface area is 282 Å². The number of nitrogens with zero attached hydrogens (tertiary/aromatic N) is 1. The van der Waals surface area contributed by atoms with Crippen LogP contribution >= 0.6 is 35.1 Å². The number of benzene rings is 3. The molecule has 46 heavy (non-hydrogen) atoms. The number of aliphatic hydroxyl groups excluding tert-OH is 1. The van der Waals surface area contributed by atoms with E-state index in [9.17, 15) is 23.1 Å². The number of halogens is 2. The van der Waals surface area contributed by atoms with Crippen LogP contribution in [0, 0.1) is 0 Å². The Morgan fingerprint density at radius 1 is 1.02 bits per heavy atom. The van der Waals surface area contributed by atoms with Crippen molar-refractivity contribution in [3.05, 3.63) is 81.8 Å². The molecule has 4 N–H and O–H groups in total. The first-order valence-electron chi connectivity index (χ1n) is 14.7. The van der Waals surface area contributed by atoms with Crippen LogP contribution in [0.4, 0.5) is 0 Å². The summed E-state index contributed by atoms with van der Waals surface area (Å²) in [6.45, 7) is 3.19. The summed E-state index contributed by atoms with van der Waals surface area (Å²) in [6, 6.07) is 15.4. The number of hydrogen-bond donors (Lipinski definition) is 4. The lowest BCUT2D eigenvalue weighted by molar-refractivity contribution is -0.133. The number of aliphatic hydroxyl groups is 1. The van der Waals surface area contributed by atoms with Crippen LogP contribution in [0.25, 0.3) is 0 Å². The fourth-order valence-corrected chi connectivity index (χ4v) is 7.66. The minimum absolute atomic E-state index is 0.0794. The maximum Gasteiger partial charge on any atom is 0.251 e. The predicted molar refractivity (Wildman–Crippen MR) is 176 cm³/mol. The summed E-state index contributed by atoms with van der Waals surface area (Å²) in [7, 11) is -3.92. The van der Waals surface area contributed by atoms with Crippen LogP contribution in [0.5, 0.6) is 11.5 Å². The average Bonchev–Trinajstić information content (AvgIpc) is 3.05. The molecule has 0 saturated carbocycles. The monoisotopic (exact) mass is 708 g/mol. The number of sulfonamides is 1. The van der Waals surface area contributed by atoms with E-state index in [1.807, 2.05) is 53.7 Å². The molecule has 2 amide bonds. The molecular formula is C31H34Cl2N4O7S2. The van der Waals surface area contributed by atoms with Crippen LogP contribution in [-0.2, 0) is 32.5 Å². The van der Waals surface area contributed by atoms with Crippen molar-refractivity contribution < 1.29 is 32.6 Å². The van der Waals surface area contributed by atoms with Crippen molar-refractivity contribution >= 4 is 57.0 Å². The van der Waals surface area contributed by atoms with E-state index in [0.717, 1.165) is 16.0 Å². The number of likely N-dealkylation sites (N-methyl/N-ethyl adjacent to an activating group) is 1.